The van der Waals surface area contributed by atoms with E-state index in [2.05, 4.69) is 82.9 Å². The minimum Gasteiger partial charge on any atom is -0.368 e. The molecule has 216 valence electrons. The maximum atomic E-state index is 13.6. The molecular weight excluding hydrogens is 506 g/mol. The average molecular weight is 552 g/mol. The van der Waals surface area contributed by atoms with Gasteiger partial charge in [-0.05, 0) is 49.1 Å². The average Bonchev–Trinajstić information content (AvgIpc) is 3.27. The van der Waals surface area contributed by atoms with Gasteiger partial charge in [-0.1, -0.05) is 97.8 Å². The van der Waals surface area contributed by atoms with Crippen LogP contribution in [0.1, 0.15) is 66.8 Å². The lowest BCUT2D eigenvalue weighted by Gasteiger charge is -2.23. The van der Waals surface area contributed by atoms with Gasteiger partial charge in [0.05, 0.1) is 12.0 Å². The number of nitrogens with two attached hydrogens (primary N) is 2. The summed E-state index contributed by atoms with van der Waals surface area (Å²) in [5.41, 5.74) is 17.6. The highest BCUT2D eigenvalue weighted by Gasteiger charge is 2.24. The lowest BCUT2D eigenvalue weighted by molar-refractivity contribution is -0.123. The van der Waals surface area contributed by atoms with Gasteiger partial charge in [0.15, 0.2) is 0 Å². The maximum Gasteiger partial charge on any atom is 0.228 e. The number of nitrogens with one attached hydrogen (secondary N) is 2. The van der Waals surface area contributed by atoms with E-state index in [-0.39, 0.29) is 17.9 Å². The van der Waals surface area contributed by atoms with E-state index in [9.17, 15) is 4.79 Å². The van der Waals surface area contributed by atoms with Gasteiger partial charge >= 0.3 is 0 Å². The molecule has 0 saturated carbocycles. The standard InChI is InChI=1S/C35H45N5O/c1-3-4-23-38-34-31(30-16-10-11-17-33(30)40(34)2)24-26-18-20-27(21-19-26)29(15-9-6-12-22-36)35(41)39-32(25-37)28-13-7-5-8-14-28/h3-5,7-8,10-11,13-14,16-21,29,32,38H,6,9,12,15,22-25,36-37H2,1-2H3,(H,39,41)/b4-3+/t29?,32-/m0/s1. The van der Waals surface area contributed by atoms with E-state index in [1.54, 1.807) is 0 Å². The van der Waals surface area contributed by atoms with E-state index in [1.165, 1.54) is 22.0 Å². The summed E-state index contributed by atoms with van der Waals surface area (Å²) >= 11 is 0. The number of fused-ring (bicyclic) bond motifs is 1. The first-order chi connectivity index (χ1) is 20.1. The SMILES string of the molecule is C/C=C/CNc1c(Cc2ccc(C(CCCCCN)C(=O)N[C@@H](CN)c3ccccc3)cc2)c2ccccc2n1C. The predicted molar refractivity (Wildman–Crippen MR) is 172 cm³/mol. The number of unbranched alkanes of at least 4 members (excludes halogenated alkanes) is 2. The van der Waals surface area contributed by atoms with Crippen molar-refractivity contribution in [2.24, 2.45) is 18.5 Å². The van der Waals surface area contributed by atoms with E-state index in [0.717, 1.165) is 55.6 Å². The third-order valence-corrected chi connectivity index (χ3v) is 7.87. The maximum absolute atomic E-state index is 13.6. The van der Waals surface area contributed by atoms with Crippen molar-refractivity contribution in [2.75, 3.05) is 25.0 Å². The molecule has 41 heavy (non-hydrogen) atoms. The number of nitrogens with zero attached hydrogens (tertiary/aromatic N) is 1. The Morgan fingerprint density at radius 2 is 1.63 bits per heavy atom. The van der Waals surface area contributed by atoms with Crippen LogP contribution < -0.4 is 22.1 Å². The number of benzene rings is 3. The van der Waals surface area contributed by atoms with Crippen LogP contribution in [-0.2, 0) is 18.3 Å². The molecule has 3 aromatic carbocycles. The number of anilines is 1. The summed E-state index contributed by atoms with van der Waals surface area (Å²) < 4.78 is 2.24. The Labute approximate surface area is 244 Å². The predicted octanol–water partition coefficient (Wildman–Crippen LogP) is 6.18. The van der Waals surface area contributed by atoms with Crippen LogP contribution in [0.15, 0.2) is 91.0 Å². The number of hydrogen-bond donors (Lipinski definition) is 4. The molecular formula is C35H45N5O. The van der Waals surface area contributed by atoms with Crippen molar-refractivity contribution in [3.8, 4) is 0 Å². The number of rotatable bonds is 15. The Morgan fingerprint density at radius 3 is 2.34 bits per heavy atom. The van der Waals surface area contributed by atoms with Gasteiger partial charge in [0.25, 0.3) is 0 Å². The molecule has 0 aliphatic rings. The highest BCUT2D eigenvalue weighted by Crippen LogP contribution is 2.32. The van der Waals surface area contributed by atoms with Crippen LogP contribution in [0.2, 0.25) is 0 Å². The van der Waals surface area contributed by atoms with Gasteiger partial charge in [0.2, 0.25) is 5.91 Å². The number of allylic oxidation sites excluding steroid dienone is 1. The number of hydrogen-bond acceptors (Lipinski definition) is 4. The van der Waals surface area contributed by atoms with Crippen LogP contribution in [0.4, 0.5) is 5.82 Å². The van der Waals surface area contributed by atoms with E-state index >= 15 is 0 Å². The van der Waals surface area contributed by atoms with Gasteiger partial charge in [-0.15, -0.1) is 0 Å². The van der Waals surface area contributed by atoms with Crippen LogP contribution in [0.25, 0.3) is 10.9 Å². The van der Waals surface area contributed by atoms with Crippen molar-refractivity contribution in [1.29, 1.82) is 0 Å². The molecule has 6 nitrogen and oxygen atoms in total. The van der Waals surface area contributed by atoms with E-state index in [1.807, 2.05) is 37.3 Å². The number of carbonyl (C=O) groups is 1. The molecule has 6 heteroatoms. The Kier molecular flexibility index (Phi) is 11.2. The normalized spacial score (nSPS) is 13.0. The number of carbonyl (C=O) groups excluding carboxylic acids is 1. The third kappa shape index (κ3) is 7.66. The van der Waals surface area contributed by atoms with Crippen LogP contribution in [-0.4, -0.2) is 30.1 Å². The Bertz CT molecular complexity index is 1410. The first-order valence-electron chi connectivity index (χ1n) is 14.8. The highest BCUT2D eigenvalue weighted by molar-refractivity contribution is 5.90. The Hall–Kier alpha value is -3.87. The fourth-order valence-corrected chi connectivity index (χ4v) is 5.58. The van der Waals surface area contributed by atoms with Gasteiger partial charge in [0.1, 0.15) is 5.82 Å². The summed E-state index contributed by atoms with van der Waals surface area (Å²) in [5.74, 6) is 0.920. The summed E-state index contributed by atoms with van der Waals surface area (Å²) in [5, 5.41) is 8.10. The molecule has 0 aliphatic carbocycles. The molecule has 0 bridgehead atoms. The summed E-state index contributed by atoms with van der Waals surface area (Å²) in [7, 11) is 2.12. The molecule has 2 atom stereocenters. The van der Waals surface area contributed by atoms with E-state index < -0.39 is 0 Å². The second-order valence-electron chi connectivity index (χ2n) is 10.7. The van der Waals surface area contributed by atoms with E-state index in [0.29, 0.717) is 13.1 Å². The second-order valence-corrected chi connectivity index (χ2v) is 10.7. The molecule has 4 rings (SSSR count). The van der Waals surface area contributed by atoms with Crippen molar-refractivity contribution in [3.63, 3.8) is 0 Å². The Balaban J connectivity index is 1.56. The number of aromatic nitrogens is 1. The highest BCUT2D eigenvalue weighted by atomic mass is 16.1. The lowest BCUT2D eigenvalue weighted by atomic mass is 9.90. The van der Waals surface area contributed by atoms with Crippen molar-refractivity contribution >= 4 is 22.6 Å². The summed E-state index contributed by atoms with van der Waals surface area (Å²) in [6, 6.07) is 26.9. The number of para-hydroxylation sites is 1. The number of amides is 1. The monoisotopic (exact) mass is 551 g/mol. The molecule has 1 heterocycles. The summed E-state index contributed by atoms with van der Waals surface area (Å²) in [4.78, 5) is 13.6. The molecule has 6 N–H and O–H groups in total. The van der Waals surface area contributed by atoms with Crippen molar-refractivity contribution in [1.82, 2.24) is 9.88 Å². The number of aryl methyl sites for hydroxylation is 1. The molecule has 1 aromatic heterocycles. The van der Waals surface area contributed by atoms with E-state index in [4.69, 9.17) is 11.5 Å². The molecule has 4 aromatic rings. The van der Waals surface area contributed by atoms with Gasteiger partial charge in [-0.3, -0.25) is 4.79 Å². The molecule has 0 radical (unpaired) electrons. The summed E-state index contributed by atoms with van der Waals surface area (Å²) in [6.07, 6.45) is 8.71. The molecule has 1 unspecified atom stereocenters. The zero-order chi connectivity index (χ0) is 29.0. The molecule has 0 aliphatic heterocycles. The minimum absolute atomic E-state index is 0.0225. The van der Waals surface area contributed by atoms with Crippen molar-refractivity contribution in [3.05, 3.63) is 113 Å². The lowest BCUT2D eigenvalue weighted by Crippen LogP contribution is -2.36. The largest absolute Gasteiger partial charge is 0.368 e. The second kappa shape index (κ2) is 15.2. The molecule has 0 spiro atoms. The van der Waals surface area contributed by atoms with Gasteiger partial charge < -0.3 is 26.7 Å². The molecule has 0 saturated heterocycles. The van der Waals surface area contributed by atoms with Crippen LogP contribution in [0.5, 0.6) is 0 Å². The quantitative estimate of drug-likeness (QED) is 0.105. The summed E-state index contributed by atoms with van der Waals surface area (Å²) in [6.45, 7) is 3.84. The Morgan fingerprint density at radius 1 is 0.902 bits per heavy atom. The molecule has 1 amide bonds. The van der Waals surface area contributed by atoms with Crippen LogP contribution >= 0.6 is 0 Å². The fourth-order valence-electron chi connectivity index (χ4n) is 5.58. The van der Waals surface area contributed by atoms with Crippen molar-refractivity contribution < 1.29 is 4.79 Å². The smallest absolute Gasteiger partial charge is 0.228 e. The first-order valence-corrected chi connectivity index (χ1v) is 14.8. The first kappa shape index (κ1) is 30.1. The van der Waals surface area contributed by atoms with Gasteiger partial charge in [0, 0.05) is 43.0 Å². The zero-order valence-electron chi connectivity index (χ0n) is 24.5. The third-order valence-electron chi connectivity index (χ3n) is 7.87. The zero-order valence-corrected chi connectivity index (χ0v) is 24.5. The van der Waals surface area contributed by atoms with Gasteiger partial charge in [-0.2, -0.15) is 0 Å². The topological polar surface area (TPSA) is 98.1 Å². The van der Waals surface area contributed by atoms with Crippen LogP contribution in [0.3, 0.4) is 0 Å². The van der Waals surface area contributed by atoms with Gasteiger partial charge in [-0.25, -0.2) is 0 Å². The van der Waals surface area contributed by atoms with Crippen LogP contribution in [0, 0.1) is 0 Å². The van der Waals surface area contributed by atoms with Crippen molar-refractivity contribution in [2.45, 2.75) is 51.0 Å². The fraction of sp³-hybridized carbons (Fsp3) is 0.343. The molecule has 0 fully saturated rings. The minimum atomic E-state index is -0.241.